The molecule has 3 heterocycles. The Balaban J connectivity index is 1.75. The standard InChI is InChI=1S/C9H7N9O/c19-9(8-14-16-17-15-8)13-6-1-2-7(11-3-6)18-5-10-4-12-18/h1-5H,(H,13,19)(H,14,15,16,17). The maximum atomic E-state index is 11.6. The van der Waals surface area contributed by atoms with Crippen LogP contribution in [0.2, 0.25) is 0 Å². The van der Waals surface area contributed by atoms with Crippen LogP contribution in [0.25, 0.3) is 5.82 Å². The van der Waals surface area contributed by atoms with Gasteiger partial charge in [0.1, 0.15) is 12.7 Å². The van der Waals surface area contributed by atoms with Crippen LogP contribution in [-0.2, 0) is 0 Å². The third-order valence-electron chi connectivity index (χ3n) is 2.21. The van der Waals surface area contributed by atoms with E-state index >= 15 is 0 Å². The van der Waals surface area contributed by atoms with Gasteiger partial charge >= 0.3 is 0 Å². The van der Waals surface area contributed by atoms with E-state index in [4.69, 9.17) is 0 Å². The van der Waals surface area contributed by atoms with Gasteiger partial charge in [-0.15, -0.1) is 10.2 Å². The van der Waals surface area contributed by atoms with Gasteiger partial charge in [-0.25, -0.2) is 14.6 Å². The average Bonchev–Trinajstić information content (AvgIpc) is 3.13. The third kappa shape index (κ3) is 2.26. The molecule has 0 aliphatic carbocycles. The van der Waals surface area contributed by atoms with Crippen molar-refractivity contribution in [3.63, 3.8) is 0 Å². The van der Waals surface area contributed by atoms with Crippen molar-refractivity contribution in [3.05, 3.63) is 36.8 Å². The Kier molecular flexibility index (Phi) is 2.65. The van der Waals surface area contributed by atoms with Crippen LogP contribution in [0.5, 0.6) is 0 Å². The molecule has 0 atom stereocenters. The van der Waals surface area contributed by atoms with Crippen LogP contribution >= 0.6 is 0 Å². The number of hydrogen-bond donors (Lipinski definition) is 2. The molecule has 10 heteroatoms. The Labute approximate surface area is 105 Å². The van der Waals surface area contributed by atoms with Gasteiger partial charge in [0.2, 0.25) is 0 Å². The van der Waals surface area contributed by atoms with Crippen LogP contribution in [0, 0.1) is 0 Å². The number of carbonyl (C=O) groups excluding carboxylic acids is 1. The Morgan fingerprint density at radius 3 is 2.95 bits per heavy atom. The summed E-state index contributed by atoms with van der Waals surface area (Å²) in [5, 5.41) is 19.2. The number of H-pyrrole nitrogens is 1. The molecule has 0 saturated heterocycles. The molecule has 19 heavy (non-hydrogen) atoms. The van der Waals surface area contributed by atoms with Gasteiger partial charge in [-0.05, 0) is 17.3 Å². The van der Waals surface area contributed by atoms with Crippen molar-refractivity contribution in [2.75, 3.05) is 5.32 Å². The topological polar surface area (TPSA) is 127 Å². The Morgan fingerprint density at radius 1 is 1.37 bits per heavy atom. The van der Waals surface area contributed by atoms with Crippen LogP contribution in [0.3, 0.4) is 0 Å². The van der Waals surface area contributed by atoms with Gasteiger partial charge in [0.05, 0.1) is 11.9 Å². The van der Waals surface area contributed by atoms with E-state index in [-0.39, 0.29) is 5.82 Å². The highest BCUT2D eigenvalue weighted by atomic mass is 16.2. The molecule has 10 nitrogen and oxygen atoms in total. The lowest BCUT2D eigenvalue weighted by atomic mass is 10.4. The van der Waals surface area contributed by atoms with Crippen molar-refractivity contribution in [2.45, 2.75) is 0 Å². The lowest BCUT2D eigenvalue weighted by Gasteiger charge is -2.03. The molecule has 0 aliphatic heterocycles. The molecular weight excluding hydrogens is 250 g/mol. The Bertz CT molecular complexity index is 658. The summed E-state index contributed by atoms with van der Waals surface area (Å²) in [6.07, 6.45) is 4.43. The lowest BCUT2D eigenvalue weighted by Crippen LogP contribution is -2.14. The van der Waals surface area contributed by atoms with Gasteiger partial charge in [-0.1, -0.05) is 0 Å². The van der Waals surface area contributed by atoms with Crippen molar-refractivity contribution >= 4 is 11.6 Å². The first-order chi connectivity index (χ1) is 9.33. The fourth-order valence-electron chi connectivity index (χ4n) is 1.37. The minimum absolute atomic E-state index is 0.0413. The summed E-state index contributed by atoms with van der Waals surface area (Å²) in [5.74, 6) is 0.0828. The molecule has 2 N–H and O–H groups in total. The second kappa shape index (κ2) is 4.60. The molecule has 0 unspecified atom stereocenters. The molecule has 0 radical (unpaired) electrons. The van der Waals surface area contributed by atoms with Crippen molar-refractivity contribution in [1.29, 1.82) is 0 Å². The Morgan fingerprint density at radius 2 is 2.32 bits per heavy atom. The van der Waals surface area contributed by atoms with Crippen LogP contribution in [-0.4, -0.2) is 46.3 Å². The van der Waals surface area contributed by atoms with Crippen LogP contribution < -0.4 is 5.32 Å². The van der Waals surface area contributed by atoms with E-state index in [0.717, 1.165) is 0 Å². The number of nitrogens with zero attached hydrogens (tertiary/aromatic N) is 7. The van der Waals surface area contributed by atoms with Gasteiger partial charge in [-0.2, -0.15) is 10.3 Å². The minimum Gasteiger partial charge on any atom is -0.318 e. The molecule has 3 rings (SSSR count). The first-order valence-corrected chi connectivity index (χ1v) is 5.19. The van der Waals surface area contributed by atoms with E-state index in [0.29, 0.717) is 11.5 Å². The number of pyridine rings is 1. The van der Waals surface area contributed by atoms with Gasteiger partial charge < -0.3 is 5.32 Å². The van der Waals surface area contributed by atoms with E-state index < -0.39 is 5.91 Å². The third-order valence-corrected chi connectivity index (χ3v) is 2.21. The summed E-state index contributed by atoms with van der Waals surface area (Å²) in [6, 6.07) is 3.38. The van der Waals surface area contributed by atoms with Crippen molar-refractivity contribution < 1.29 is 4.79 Å². The van der Waals surface area contributed by atoms with E-state index in [2.05, 4.69) is 41.0 Å². The lowest BCUT2D eigenvalue weighted by molar-refractivity contribution is 0.101. The SMILES string of the molecule is O=C(Nc1ccc(-n2cncn2)nc1)c1nn[nH]n1. The number of carbonyl (C=O) groups is 1. The normalized spacial score (nSPS) is 10.3. The predicted octanol–water partition coefficient (Wildman–Crippen LogP) is -0.572. The zero-order chi connectivity index (χ0) is 13.1. The minimum atomic E-state index is -0.468. The van der Waals surface area contributed by atoms with Gasteiger partial charge in [0, 0.05) is 0 Å². The first-order valence-electron chi connectivity index (χ1n) is 5.19. The van der Waals surface area contributed by atoms with Crippen LogP contribution in [0.4, 0.5) is 5.69 Å². The molecule has 0 aromatic carbocycles. The summed E-state index contributed by atoms with van der Waals surface area (Å²) in [4.78, 5) is 19.6. The van der Waals surface area contributed by atoms with Gasteiger partial charge in [0.25, 0.3) is 11.7 Å². The second-order valence-corrected chi connectivity index (χ2v) is 3.43. The molecule has 0 saturated carbocycles. The molecule has 1 amide bonds. The number of aromatic amines is 1. The fraction of sp³-hybridized carbons (Fsp3) is 0. The average molecular weight is 257 g/mol. The number of hydrogen-bond acceptors (Lipinski definition) is 7. The largest absolute Gasteiger partial charge is 0.318 e. The number of anilines is 1. The molecule has 0 fully saturated rings. The summed E-state index contributed by atoms with van der Waals surface area (Å²) < 4.78 is 1.50. The van der Waals surface area contributed by atoms with Gasteiger partial charge in [0.15, 0.2) is 5.82 Å². The molecule has 94 valence electrons. The van der Waals surface area contributed by atoms with E-state index in [9.17, 15) is 4.79 Å². The van der Waals surface area contributed by atoms with Gasteiger partial charge in [-0.3, -0.25) is 4.79 Å². The number of rotatable bonds is 3. The zero-order valence-electron chi connectivity index (χ0n) is 9.43. The molecule has 3 aromatic heterocycles. The predicted molar refractivity (Wildman–Crippen MR) is 61.3 cm³/mol. The highest BCUT2D eigenvalue weighted by Gasteiger charge is 2.10. The highest BCUT2D eigenvalue weighted by molar-refractivity contribution is 6.01. The van der Waals surface area contributed by atoms with Crippen molar-refractivity contribution in [1.82, 2.24) is 40.4 Å². The molecule has 0 aliphatic rings. The molecule has 0 bridgehead atoms. The monoisotopic (exact) mass is 257 g/mol. The maximum absolute atomic E-state index is 11.6. The summed E-state index contributed by atoms with van der Waals surface area (Å²) in [6.45, 7) is 0. The number of amides is 1. The molecule has 3 aromatic rings. The summed E-state index contributed by atoms with van der Waals surface area (Å²) in [5.41, 5.74) is 0.513. The Hall–Kier alpha value is -3.17. The summed E-state index contributed by atoms with van der Waals surface area (Å²) in [7, 11) is 0. The quantitative estimate of drug-likeness (QED) is 0.642. The van der Waals surface area contributed by atoms with Crippen LogP contribution in [0.15, 0.2) is 31.0 Å². The van der Waals surface area contributed by atoms with E-state index in [1.54, 1.807) is 12.1 Å². The van der Waals surface area contributed by atoms with E-state index in [1.807, 2.05) is 0 Å². The van der Waals surface area contributed by atoms with Crippen LogP contribution in [0.1, 0.15) is 10.6 Å². The first kappa shape index (κ1) is 11.0. The summed E-state index contributed by atoms with van der Waals surface area (Å²) >= 11 is 0. The highest BCUT2D eigenvalue weighted by Crippen LogP contribution is 2.09. The maximum Gasteiger partial charge on any atom is 0.297 e. The van der Waals surface area contributed by atoms with Crippen molar-refractivity contribution in [3.8, 4) is 5.82 Å². The smallest absolute Gasteiger partial charge is 0.297 e. The number of nitrogens with one attached hydrogen (secondary N) is 2. The molecule has 0 spiro atoms. The fourth-order valence-corrected chi connectivity index (χ4v) is 1.37. The van der Waals surface area contributed by atoms with E-state index in [1.165, 1.54) is 23.5 Å². The number of tetrazole rings is 1. The molecular formula is C9H7N9O. The second-order valence-electron chi connectivity index (χ2n) is 3.43. The number of aromatic nitrogens is 8. The zero-order valence-corrected chi connectivity index (χ0v) is 9.43. The van der Waals surface area contributed by atoms with Crippen molar-refractivity contribution in [2.24, 2.45) is 0 Å².